The van der Waals surface area contributed by atoms with Crippen molar-refractivity contribution in [2.24, 2.45) is 5.92 Å². The largest absolute Gasteiger partial charge is 0.393 e. The van der Waals surface area contributed by atoms with Gasteiger partial charge in [0, 0.05) is 17.8 Å². The van der Waals surface area contributed by atoms with E-state index in [1.165, 1.54) is 16.9 Å². The molecule has 1 aromatic carbocycles. The maximum absolute atomic E-state index is 9.78. The van der Waals surface area contributed by atoms with Crippen LogP contribution in [0.3, 0.4) is 0 Å². The Hall–Kier alpha value is -1.13. The minimum absolute atomic E-state index is 0.123. The fourth-order valence-electron chi connectivity index (χ4n) is 2.50. The molecular weight excluding hydrogens is 232 g/mol. The predicted molar refractivity (Wildman–Crippen MR) is 71.5 cm³/mol. The molecule has 1 aliphatic carbocycles. The van der Waals surface area contributed by atoms with Crippen molar-refractivity contribution < 1.29 is 5.11 Å². The van der Waals surface area contributed by atoms with Crippen LogP contribution in [0.5, 0.6) is 0 Å². The molecule has 3 nitrogen and oxygen atoms in total. The van der Waals surface area contributed by atoms with Crippen molar-refractivity contribution in [1.29, 1.82) is 0 Å². The second-order valence-electron chi connectivity index (χ2n) is 4.67. The normalized spacial score (nSPS) is 24.3. The predicted octanol–water partition coefficient (Wildman–Crippen LogP) is 2.87. The van der Waals surface area contributed by atoms with Crippen molar-refractivity contribution in [2.45, 2.75) is 25.4 Å². The van der Waals surface area contributed by atoms with Crippen molar-refractivity contribution in [1.82, 2.24) is 4.37 Å². The first-order chi connectivity index (χ1) is 8.34. The smallest absolute Gasteiger partial charge is 0.117 e. The molecule has 2 unspecified atom stereocenters. The number of nitrogens with one attached hydrogen (secondary N) is 1. The zero-order valence-electron chi connectivity index (χ0n) is 9.60. The number of hydrogen-bond acceptors (Lipinski definition) is 4. The Morgan fingerprint density at radius 3 is 3.06 bits per heavy atom. The van der Waals surface area contributed by atoms with Gasteiger partial charge in [-0.2, -0.15) is 4.37 Å². The highest BCUT2D eigenvalue weighted by Crippen LogP contribution is 2.30. The summed E-state index contributed by atoms with van der Waals surface area (Å²) in [5.74, 6) is 0.399. The van der Waals surface area contributed by atoms with E-state index in [-0.39, 0.29) is 6.10 Å². The standard InChI is InChI=1S/C13H16N2OS/c16-12-7-3-4-9(12)8-14-13-10-5-1-2-6-11(10)15-17-13/h1-2,5-6,9,12,14,16H,3-4,7-8H2. The van der Waals surface area contributed by atoms with Gasteiger partial charge in [0.1, 0.15) is 5.00 Å². The van der Waals surface area contributed by atoms with E-state index in [9.17, 15) is 5.11 Å². The molecule has 2 N–H and O–H groups in total. The molecule has 0 bridgehead atoms. The summed E-state index contributed by atoms with van der Waals surface area (Å²) in [7, 11) is 0. The molecule has 0 spiro atoms. The van der Waals surface area contributed by atoms with Crippen molar-refractivity contribution in [3.05, 3.63) is 24.3 Å². The zero-order valence-corrected chi connectivity index (χ0v) is 10.4. The van der Waals surface area contributed by atoms with E-state index in [1.54, 1.807) is 0 Å². The van der Waals surface area contributed by atoms with Gasteiger partial charge in [0.15, 0.2) is 0 Å². The van der Waals surface area contributed by atoms with E-state index in [1.807, 2.05) is 18.2 Å². The highest BCUT2D eigenvalue weighted by atomic mass is 32.1. The maximum Gasteiger partial charge on any atom is 0.117 e. The molecule has 4 heteroatoms. The first-order valence-corrected chi connectivity index (χ1v) is 6.88. The van der Waals surface area contributed by atoms with Gasteiger partial charge in [-0.05, 0) is 36.5 Å². The van der Waals surface area contributed by atoms with Crippen molar-refractivity contribution in [3.63, 3.8) is 0 Å². The van der Waals surface area contributed by atoms with Crippen LogP contribution in [-0.4, -0.2) is 22.1 Å². The fourth-order valence-corrected chi connectivity index (χ4v) is 3.26. The molecule has 2 atom stereocenters. The van der Waals surface area contributed by atoms with Gasteiger partial charge in [0.2, 0.25) is 0 Å². The second kappa shape index (κ2) is 4.63. The average Bonchev–Trinajstić information content (AvgIpc) is 2.93. The Labute approximate surface area is 105 Å². The van der Waals surface area contributed by atoms with Crippen LogP contribution in [0.1, 0.15) is 19.3 Å². The Balaban J connectivity index is 1.72. The number of aliphatic hydroxyl groups excluding tert-OH is 1. The van der Waals surface area contributed by atoms with Crippen molar-refractivity contribution in [3.8, 4) is 0 Å². The topological polar surface area (TPSA) is 45.1 Å². The summed E-state index contributed by atoms with van der Waals surface area (Å²) in [6.45, 7) is 0.855. The van der Waals surface area contributed by atoms with Gasteiger partial charge in [-0.15, -0.1) is 0 Å². The molecule has 1 fully saturated rings. The average molecular weight is 248 g/mol. The molecule has 90 valence electrons. The first-order valence-electron chi connectivity index (χ1n) is 6.11. The molecular formula is C13H16N2OS. The summed E-state index contributed by atoms with van der Waals surface area (Å²) in [4.78, 5) is 0. The third kappa shape index (κ3) is 2.15. The minimum atomic E-state index is -0.123. The molecule has 3 rings (SSSR count). The Bertz CT molecular complexity index is 511. The summed E-state index contributed by atoms with van der Waals surface area (Å²) in [6.07, 6.45) is 3.11. The number of benzene rings is 1. The molecule has 2 aromatic rings. The lowest BCUT2D eigenvalue weighted by molar-refractivity contribution is 0.138. The van der Waals surface area contributed by atoms with E-state index < -0.39 is 0 Å². The molecule has 1 saturated carbocycles. The lowest BCUT2D eigenvalue weighted by Crippen LogP contribution is -2.21. The zero-order chi connectivity index (χ0) is 11.7. The Morgan fingerprint density at radius 2 is 2.24 bits per heavy atom. The van der Waals surface area contributed by atoms with Gasteiger partial charge in [-0.3, -0.25) is 0 Å². The van der Waals surface area contributed by atoms with Crippen LogP contribution in [0.15, 0.2) is 24.3 Å². The number of fused-ring (bicyclic) bond motifs is 1. The molecule has 0 saturated heterocycles. The highest BCUT2D eigenvalue weighted by Gasteiger charge is 2.24. The van der Waals surface area contributed by atoms with Crippen molar-refractivity contribution >= 4 is 27.4 Å². The van der Waals surface area contributed by atoms with E-state index in [2.05, 4.69) is 15.8 Å². The van der Waals surface area contributed by atoms with Crippen LogP contribution < -0.4 is 5.32 Å². The fraction of sp³-hybridized carbons (Fsp3) is 0.462. The second-order valence-corrected chi connectivity index (χ2v) is 5.44. The van der Waals surface area contributed by atoms with Gasteiger partial charge in [-0.1, -0.05) is 18.6 Å². The van der Waals surface area contributed by atoms with Crippen LogP contribution in [-0.2, 0) is 0 Å². The van der Waals surface area contributed by atoms with Gasteiger partial charge in [-0.25, -0.2) is 0 Å². The third-order valence-corrected chi connectivity index (χ3v) is 4.36. The maximum atomic E-state index is 9.78. The molecule has 1 aromatic heterocycles. The van der Waals surface area contributed by atoms with Crippen LogP contribution in [0, 0.1) is 5.92 Å². The third-order valence-electron chi connectivity index (χ3n) is 3.53. The number of aromatic nitrogens is 1. The number of nitrogens with zero attached hydrogens (tertiary/aromatic N) is 1. The number of hydrogen-bond donors (Lipinski definition) is 2. The van der Waals surface area contributed by atoms with Crippen molar-refractivity contribution in [2.75, 3.05) is 11.9 Å². The molecule has 0 aliphatic heterocycles. The summed E-state index contributed by atoms with van der Waals surface area (Å²) < 4.78 is 4.40. The van der Waals surface area contributed by atoms with Gasteiger partial charge in [0.25, 0.3) is 0 Å². The van der Waals surface area contributed by atoms with E-state index >= 15 is 0 Å². The SMILES string of the molecule is OC1CCCC1CNc1snc2ccccc12. The van der Waals surface area contributed by atoms with Gasteiger partial charge < -0.3 is 10.4 Å². The molecule has 0 amide bonds. The number of aliphatic hydroxyl groups is 1. The molecule has 17 heavy (non-hydrogen) atoms. The molecule has 1 aliphatic rings. The quantitative estimate of drug-likeness (QED) is 0.878. The van der Waals surface area contributed by atoms with Crippen LogP contribution in [0.25, 0.3) is 10.9 Å². The minimum Gasteiger partial charge on any atom is -0.393 e. The van der Waals surface area contributed by atoms with E-state index in [0.717, 1.165) is 36.3 Å². The van der Waals surface area contributed by atoms with Gasteiger partial charge in [0.05, 0.1) is 11.6 Å². The van der Waals surface area contributed by atoms with Crippen LogP contribution in [0.4, 0.5) is 5.00 Å². The summed E-state index contributed by atoms with van der Waals surface area (Å²) >= 11 is 1.50. The van der Waals surface area contributed by atoms with Crippen LogP contribution in [0.2, 0.25) is 0 Å². The Kier molecular flexibility index (Phi) is 2.99. The van der Waals surface area contributed by atoms with Gasteiger partial charge >= 0.3 is 0 Å². The summed E-state index contributed by atoms with van der Waals surface area (Å²) in [6, 6.07) is 8.16. The lowest BCUT2D eigenvalue weighted by Gasteiger charge is -2.14. The number of rotatable bonds is 3. The molecule has 0 radical (unpaired) electrons. The van der Waals surface area contributed by atoms with E-state index in [4.69, 9.17) is 0 Å². The summed E-state index contributed by atoms with van der Waals surface area (Å²) in [5, 5.41) is 15.5. The number of anilines is 1. The monoisotopic (exact) mass is 248 g/mol. The summed E-state index contributed by atoms with van der Waals surface area (Å²) in [5.41, 5.74) is 1.05. The lowest BCUT2D eigenvalue weighted by atomic mass is 10.1. The first kappa shape index (κ1) is 11.0. The van der Waals surface area contributed by atoms with Crippen LogP contribution >= 0.6 is 11.5 Å². The van der Waals surface area contributed by atoms with E-state index in [0.29, 0.717) is 5.92 Å². The molecule has 1 heterocycles. The highest BCUT2D eigenvalue weighted by molar-refractivity contribution is 7.11. The Morgan fingerprint density at radius 1 is 1.35 bits per heavy atom.